The van der Waals surface area contributed by atoms with Crippen LogP contribution >= 0.6 is 11.6 Å². The van der Waals surface area contributed by atoms with Gasteiger partial charge in [0.05, 0.1) is 24.4 Å². The summed E-state index contributed by atoms with van der Waals surface area (Å²) in [5.74, 6) is -0.285. The minimum absolute atomic E-state index is 0.0273. The number of carbonyl (C=O) groups excluding carboxylic acids is 2. The molecule has 5 rings (SSSR count). The first-order chi connectivity index (χ1) is 15.5. The molecule has 1 N–H and O–H groups in total. The van der Waals surface area contributed by atoms with Crippen LogP contribution in [0.4, 0.5) is 0 Å². The molecule has 0 radical (unpaired) electrons. The van der Waals surface area contributed by atoms with Gasteiger partial charge in [-0.1, -0.05) is 23.7 Å². The van der Waals surface area contributed by atoms with Crippen molar-refractivity contribution in [3.05, 3.63) is 88.3 Å². The van der Waals surface area contributed by atoms with Gasteiger partial charge in [-0.25, -0.2) is 0 Å². The van der Waals surface area contributed by atoms with Crippen molar-refractivity contribution in [2.24, 2.45) is 0 Å². The van der Waals surface area contributed by atoms with Gasteiger partial charge < -0.3 is 23.9 Å². The lowest BCUT2D eigenvalue weighted by Gasteiger charge is -2.25. The first-order valence-corrected chi connectivity index (χ1v) is 10.4. The number of likely N-dealkylation sites (tertiary alicyclic amines) is 1. The third kappa shape index (κ3) is 3.50. The maximum atomic E-state index is 13.1. The minimum Gasteiger partial charge on any atom is -0.507 e. The van der Waals surface area contributed by atoms with Gasteiger partial charge >= 0.3 is 0 Å². The van der Waals surface area contributed by atoms with Crippen LogP contribution in [-0.2, 0) is 16.1 Å². The molecule has 2 aromatic carbocycles. The summed E-state index contributed by atoms with van der Waals surface area (Å²) in [5, 5.41) is 11.6. The fourth-order valence-electron chi connectivity index (χ4n) is 3.98. The molecule has 32 heavy (non-hydrogen) atoms. The van der Waals surface area contributed by atoms with E-state index >= 15 is 0 Å². The molecule has 0 unspecified atom stereocenters. The van der Waals surface area contributed by atoms with E-state index in [4.69, 9.17) is 25.5 Å². The largest absolute Gasteiger partial charge is 0.507 e. The number of aliphatic hydroxyl groups excluding tert-OH is 1. The van der Waals surface area contributed by atoms with Crippen LogP contribution in [0.15, 0.2) is 70.9 Å². The average Bonchev–Trinajstić information content (AvgIpc) is 3.41. The number of ketones is 1. The Kier molecular flexibility index (Phi) is 5.11. The van der Waals surface area contributed by atoms with Crippen LogP contribution in [0.5, 0.6) is 11.5 Å². The van der Waals surface area contributed by atoms with Gasteiger partial charge in [0.2, 0.25) is 0 Å². The number of ether oxygens (including phenoxy) is 2. The Bertz CT molecular complexity index is 1230. The van der Waals surface area contributed by atoms with E-state index in [0.29, 0.717) is 46.6 Å². The number of benzene rings is 2. The van der Waals surface area contributed by atoms with Crippen LogP contribution < -0.4 is 9.47 Å². The number of furan rings is 1. The molecule has 1 saturated heterocycles. The second-order valence-electron chi connectivity index (χ2n) is 7.42. The maximum absolute atomic E-state index is 13.1. The normalized spacial score (nSPS) is 19.4. The Labute approximate surface area is 188 Å². The molecule has 1 atom stereocenters. The summed E-state index contributed by atoms with van der Waals surface area (Å²) in [5.41, 5.74) is 0.917. The fourth-order valence-corrected chi connectivity index (χ4v) is 4.18. The summed E-state index contributed by atoms with van der Waals surface area (Å²) in [6.07, 6.45) is 1.50. The number of hydrogen-bond donors (Lipinski definition) is 1. The summed E-state index contributed by atoms with van der Waals surface area (Å²) in [6, 6.07) is 14.3. The SMILES string of the molecule is O=C1C(=O)N(Cc2ccco2)[C@H](c2cccc(Cl)c2)/C1=C(/O)c1ccc2c(c1)OCCO2. The highest BCUT2D eigenvalue weighted by Gasteiger charge is 2.46. The zero-order valence-corrected chi connectivity index (χ0v) is 17.5. The van der Waals surface area contributed by atoms with E-state index in [0.717, 1.165) is 0 Å². The van der Waals surface area contributed by atoms with Crippen LogP contribution in [0, 0.1) is 0 Å². The smallest absolute Gasteiger partial charge is 0.296 e. The molecule has 0 aliphatic carbocycles. The summed E-state index contributed by atoms with van der Waals surface area (Å²) < 4.78 is 16.5. The van der Waals surface area contributed by atoms with Crippen LogP contribution in [0.25, 0.3) is 5.76 Å². The zero-order chi connectivity index (χ0) is 22.2. The van der Waals surface area contributed by atoms with E-state index in [1.165, 1.54) is 11.2 Å². The molecule has 1 fully saturated rings. The third-order valence-corrected chi connectivity index (χ3v) is 5.66. The van der Waals surface area contributed by atoms with Gasteiger partial charge in [0.15, 0.2) is 11.5 Å². The van der Waals surface area contributed by atoms with Crippen molar-refractivity contribution in [1.29, 1.82) is 0 Å². The Morgan fingerprint density at radius 3 is 2.59 bits per heavy atom. The lowest BCUT2D eigenvalue weighted by molar-refractivity contribution is -0.140. The first kappa shape index (κ1) is 20.2. The third-order valence-electron chi connectivity index (χ3n) is 5.43. The van der Waals surface area contributed by atoms with Gasteiger partial charge in [0.25, 0.3) is 11.7 Å². The molecule has 3 aromatic rings. The van der Waals surface area contributed by atoms with Crippen molar-refractivity contribution >= 4 is 29.1 Å². The van der Waals surface area contributed by atoms with E-state index in [9.17, 15) is 14.7 Å². The van der Waals surface area contributed by atoms with E-state index in [2.05, 4.69) is 0 Å². The number of nitrogens with zero attached hydrogens (tertiary/aromatic N) is 1. The lowest BCUT2D eigenvalue weighted by Crippen LogP contribution is -2.29. The van der Waals surface area contributed by atoms with Crippen molar-refractivity contribution in [3.8, 4) is 11.5 Å². The lowest BCUT2D eigenvalue weighted by atomic mass is 9.95. The molecular formula is C24H18ClNO6. The fraction of sp³-hybridized carbons (Fsp3) is 0.167. The predicted octanol–water partition coefficient (Wildman–Crippen LogP) is 4.33. The summed E-state index contributed by atoms with van der Waals surface area (Å²) in [4.78, 5) is 27.5. The van der Waals surface area contributed by atoms with Gasteiger partial charge in [0.1, 0.15) is 24.7 Å². The monoisotopic (exact) mass is 451 g/mol. The highest BCUT2D eigenvalue weighted by atomic mass is 35.5. The number of fused-ring (bicyclic) bond motifs is 1. The van der Waals surface area contributed by atoms with E-state index in [1.807, 2.05) is 0 Å². The second-order valence-corrected chi connectivity index (χ2v) is 7.86. The molecule has 0 spiro atoms. The first-order valence-electron chi connectivity index (χ1n) is 9.99. The number of amides is 1. The standard InChI is InChI=1S/C24H18ClNO6/c25-16-4-1-3-14(11-16)21-20(23(28)24(29)26(21)13-17-5-2-8-30-17)22(27)15-6-7-18-19(12-15)32-10-9-31-18/h1-8,11-12,21,27H,9-10,13H2/b22-20-/t21-/m1/s1. The molecule has 8 heteroatoms. The van der Waals surface area contributed by atoms with Crippen molar-refractivity contribution in [3.63, 3.8) is 0 Å². The van der Waals surface area contributed by atoms with Gasteiger partial charge in [-0.05, 0) is 48.0 Å². The van der Waals surface area contributed by atoms with E-state index in [1.54, 1.807) is 54.6 Å². The quantitative estimate of drug-likeness (QED) is 0.361. The maximum Gasteiger partial charge on any atom is 0.296 e. The molecule has 0 saturated carbocycles. The van der Waals surface area contributed by atoms with Gasteiger partial charge in [0, 0.05) is 10.6 Å². The van der Waals surface area contributed by atoms with Crippen LogP contribution in [0.2, 0.25) is 5.02 Å². The Morgan fingerprint density at radius 1 is 1.03 bits per heavy atom. The summed E-state index contributed by atoms with van der Waals surface area (Å²) in [6.45, 7) is 0.880. The van der Waals surface area contributed by atoms with Crippen molar-refractivity contribution in [2.45, 2.75) is 12.6 Å². The highest BCUT2D eigenvalue weighted by molar-refractivity contribution is 6.46. The molecule has 1 aromatic heterocycles. The summed E-state index contributed by atoms with van der Waals surface area (Å²) >= 11 is 6.19. The summed E-state index contributed by atoms with van der Waals surface area (Å²) in [7, 11) is 0. The number of hydrogen-bond acceptors (Lipinski definition) is 6. The molecule has 2 aliphatic heterocycles. The number of Topliss-reactive ketones (excluding diaryl/α,β-unsaturated/α-hetero) is 1. The number of aliphatic hydroxyl groups is 1. The minimum atomic E-state index is -0.841. The average molecular weight is 452 g/mol. The molecule has 2 aliphatic rings. The topological polar surface area (TPSA) is 89.2 Å². The zero-order valence-electron chi connectivity index (χ0n) is 16.8. The molecule has 162 valence electrons. The van der Waals surface area contributed by atoms with Gasteiger partial charge in [-0.3, -0.25) is 9.59 Å². The number of halogens is 1. The molecule has 7 nitrogen and oxygen atoms in total. The highest BCUT2D eigenvalue weighted by Crippen LogP contribution is 2.42. The van der Waals surface area contributed by atoms with E-state index in [-0.39, 0.29) is 17.9 Å². The number of carbonyl (C=O) groups is 2. The van der Waals surface area contributed by atoms with E-state index < -0.39 is 17.7 Å². The molecule has 1 amide bonds. The Balaban J connectivity index is 1.64. The predicted molar refractivity (Wildman–Crippen MR) is 115 cm³/mol. The van der Waals surface area contributed by atoms with Gasteiger partial charge in [-0.2, -0.15) is 0 Å². The van der Waals surface area contributed by atoms with Crippen LogP contribution in [0.3, 0.4) is 0 Å². The van der Waals surface area contributed by atoms with Gasteiger partial charge in [-0.15, -0.1) is 0 Å². The Morgan fingerprint density at radius 2 is 1.84 bits per heavy atom. The number of rotatable bonds is 4. The van der Waals surface area contributed by atoms with Crippen molar-refractivity contribution in [1.82, 2.24) is 4.90 Å². The van der Waals surface area contributed by atoms with Crippen LogP contribution in [-0.4, -0.2) is 34.9 Å². The second kappa shape index (κ2) is 8.09. The molecular weight excluding hydrogens is 434 g/mol. The molecule has 0 bridgehead atoms. The van der Waals surface area contributed by atoms with Crippen molar-refractivity contribution in [2.75, 3.05) is 13.2 Å². The van der Waals surface area contributed by atoms with Crippen LogP contribution in [0.1, 0.15) is 22.9 Å². The van der Waals surface area contributed by atoms with Crippen molar-refractivity contribution < 1.29 is 28.6 Å². The Hall–Kier alpha value is -3.71. The molecule has 3 heterocycles.